The van der Waals surface area contributed by atoms with Gasteiger partial charge in [0.15, 0.2) is 5.78 Å². The Bertz CT molecular complexity index is 387. The molecule has 1 saturated heterocycles. The second kappa shape index (κ2) is 5.82. The van der Waals surface area contributed by atoms with Crippen LogP contribution in [0.25, 0.3) is 0 Å². The number of anilines is 1. The summed E-state index contributed by atoms with van der Waals surface area (Å²) >= 11 is 3.40. The number of Topliss-reactive ketones (excluding diaryl/α,β-unsaturated/α-hetero) is 1. The van der Waals surface area contributed by atoms with E-state index in [9.17, 15) is 4.79 Å². The molecule has 1 heterocycles. The Balaban J connectivity index is 0.00000128. The van der Waals surface area contributed by atoms with E-state index in [1.165, 1.54) is 12.8 Å². The van der Waals surface area contributed by atoms with Gasteiger partial charge >= 0.3 is 0 Å². The molecule has 0 spiro atoms. The highest BCUT2D eigenvalue weighted by Gasteiger charge is 2.17. The minimum Gasteiger partial charge on any atom is -0.371 e. The van der Waals surface area contributed by atoms with Crippen LogP contribution in [0.5, 0.6) is 0 Å². The lowest BCUT2D eigenvalue weighted by Crippen LogP contribution is -2.20. The summed E-state index contributed by atoms with van der Waals surface area (Å²) in [5, 5.41) is 0. The largest absolute Gasteiger partial charge is 0.371 e. The number of hydrogen-bond donors (Lipinski definition) is 0. The molecule has 0 amide bonds. The molecule has 88 valence electrons. The first kappa shape index (κ1) is 13.7. The number of benzene rings is 1. The van der Waals surface area contributed by atoms with Crippen molar-refractivity contribution in [2.75, 3.05) is 18.0 Å². The summed E-state index contributed by atoms with van der Waals surface area (Å²) < 4.78 is 0.968. The average molecular weight is 349 g/mol. The van der Waals surface area contributed by atoms with Gasteiger partial charge in [-0.25, -0.2) is 0 Å². The van der Waals surface area contributed by atoms with Crippen LogP contribution < -0.4 is 4.90 Å². The van der Waals surface area contributed by atoms with Gasteiger partial charge in [-0.05, 0) is 38.0 Å². The van der Waals surface area contributed by atoms with Crippen molar-refractivity contribution in [3.05, 3.63) is 28.2 Å². The molecule has 16 heavy (non-hydrogen) atoms. The van der Waals surface area contributed by atoms with Gasteiger partial charge in [0.25, 0.3) is 0 Å². The molecule has 1 aromatic rings. The molecule has 0 saturated carbocycles. The molecule has 1 fully saturated rings. The highest BCUT2D eigenvalue weighted by molar-refractivity contribution is 9.10. The first-order chi connectivity index (χ1) is 7.18. The van der Waals surface area contributed by atoms with E-state index < -0.39 is 0 Å². The van der Waals surface area contributed by atoms with Crippen LogP contribution in [0.4, 0.5) is 5.69 Å². The van der Waals surface area contributed by atoms with Gasteiger partial charge in [-0.3, -0.25) is 4.79 Å². The predicted octanol–water partition coefficient (Wildman–Crippen LogP) is 3.83. The zero-order chi connectivity index (χ0) is 10.8. The number of carbonyl (C=O) groups excluding carboxylic acids is 1. The van der Waals surface area contributed by atoms with Crippen LogP contribution in [0.1, 0.15) is 30.1 Å². The molecular formula is C12H15Br2NO. The fourth-order valence-corrected chi connectivity index (χ4v) is 2.39. The molecule has 2 nitrogen and oxygen atoms in total. The Hall–Kier alpha value is -0.350. The van der Waals surface area contributed by atoms with E-state index in [0.717, 1.165) is 28.8 Å². The Labute approximate surface area is 115 Å². The minimum atomic E-state index is 0. The van der Waals surface area contributed by atoms with Gasteiger partial charge in [-0.2, -0.15) is 0 Å². The van der Waals surface area contributed by atoms with E-state index in [2.05, 4.69) is 20.8 Å². The van der Waals surface area contributed by atoms with E-state index >= 15 is 0 Å². The van der Waals surface area contributed by atoms with E-state index in [1.54, 1.807) is 6.92 Å². The quantitative estimate of drug-likeness (QED) is 0.757. The summed E-state index contributed by atoms with van der Waals surface area (Å²) in [5.74, 6) is 0.137. The molecule has 0 radical (unpaired) electrons. The zero-order valence-electron chi connectivity index (χ0n) is 9.20. The van der Waals surface area contributed by atoms with Crippen LogP contribution in [0.3, 0.4) is 0 Å². The summed E-state index contributed by atoms with van der Waals surface area (Å²) in [6.45, 7) is 3.77. The highest BCUT2D eigenvalue weighted by Crippen LogP contribution is 2.27. The second-order valence-electron chi connectivity index (χ2n) is 3.91. The molecule has 4 heteroatoms. The molecule has 0 bridgehead atoms. The molecule has 0 aromatic heterocycles. The van der Waals surface area contributed by atoms with Crippen molar-refractivity contribution in [3.63, 3.8) is 0 Å². The lowest BCUT2D eigenvalue weighted by molar-refractivity contribution is 0.101. The summed E-state index contributed by atoms with van der Waals surface area (Å²) in [6, 6.07) is 5.95. The van der Waals surface area contributed by atoms with Crippen molar-refractivity contribution in [2.24, 2.45) is 0 Å². The van der Waals surface area contributed by atoms with Crippen molar-refractivity contribution < 1.29 is 4.79 Å². The fraction of sp³-hybridized carbons (Fsp3) is 0.417. The van der Waals surface area contributed by atoms with Gasteiger partial charge in [-0.1, -0.05) is 15.9 Å². The SMILES string of the molecule is Br.CC(=O)c1cc(Br)ccc1N1CCCC1. The maximum Gasteiger partial charge on any atom is 0.161 e. The number of nitrogens with zero attached hydrogens (tertiary/aromatic N) is 1. The minimum absolute atomic E-state index is 0. The van der Waals surface area contributed by atoms with Crippen molar-refractivity contribution >= 4 is 44.4 Å². The monoisotopic (exact) mass is 347 g/mol. The van der Waals surface area contributed by atoms with E-state index in [-0.39, 0.29) is 22.8 Å². The topological polar surface area (TPSA) is 20.3 Å². The Morgan fingerprint density at radius 2 is 1.94 bits per heavy atom. The summed E-state index contributed by atoms with van der Waals surface area (Å²) in [4.78, 5) is 13.8. The highest BCUT2D eigenvalue weighted by atomic mass is 79.9. The molecular weight excluding hydrogens is 334 g/mol. The van der Waals surface area contributed by atoms with Gasteiger partial charge in [0.05, 0.1) is 0 Å². The number of ketones is 1. The van der Waals surface area contributed by atoms with Gasteiger partial charge in [0.2, 0.25) is 0 Å². The van der Waals surface area contributed by atoms with E-state index in [1.807, 2.05) is 18.2 Å². The molecule has 0 unspecified atom stereocenters. The van der Waals surface area contributed by atoms with Gasteiger partial charge < -0.3 is 4.90 Å². The Kier molecular flexibility index (Phi) is 4.99. The maximum absolute atomic E-state index is 11.5. The van der Waals surface area contributed by atoms with E-state index in [4.69, 9.17) is 0 Å². The first-order valence-corrected chi connectivity index (χ1v) is 6.03. The summed E-state index contributed by atoms with van der Waals surface area (Å²) in [7, 11) is 0. The Morgan fingerprint density at radius 3 is 2.50 bits per heavy atom. The van der Waals surface area contributed by atoms with Crippen molar-refractivity contribution in [3.8, 4) is 0 Å². The van der Waals surface area contributed by atoms with Gasteiger partial charge in [-0.15, -0.1) is 17.0 Å². The number of halogens is 2. The smallest absolute Gasteiger partial charge is 0.161 e. The Morgan fingerprint density at radius 1 is 1.31 bits per heavy atom. The summed E-state index contributed by atoms with van der Waals surface area (Å²) in [6.07, 6.45) is 2.46. The van der Waals surface area contributed by atoms with Crippen LogP contribution in [0.2, 0.25) is 0 Å². The molecule has 1 aliphatic rings. The third-order valence-electron chi connectivity index (χ3n) is 2.78. The maximum atomic E-state index is 11.5. The van der Waals surface area contributed by atoms with Crippen LogP contribution >= 0.6 is 32.9 Å². The predicted molar refractivity (Wildman–Crippen MR) is 75.9 cm³/mol. The van der Waals surface area contributed by atoms with Crippen LogP contribution in [0, 0.1) is 0 Å². The zero-order valence-corrected chi connectivity index (χ0v) is 12.5. The average Bonchev–Trinajstić information content (AvgIpc) is 2.70. The second-order valence-corrected chi connectivity index (χ2v) is 4.83. The summed E-state index contributed by atoms with van der Waals surface area (Å²) in [5.41, 5.74) is 1.91. The van der Waals surface area contributed by atoms with Crippen LogP contribution in [-0.2, 0) is 0 Å². The van der Waals surface area contributed by atoms with Crippen LogP contribution in [-0.4, -0.2) is 18.9 Å². The van der Waals surface area contributed by atoms with Crippen molar-refractivity contribution in [1.82, 2.24) is 0 Å². The molecule has 0 atom stereocenters. The van der Waals surface area contributed by atoms with Crippen LogP contribution in [0.15, 0.2) is 22.7 Å². The van der Waals surface area contributed by atoms with Gasteiger partial charge in [0.1, 0.15) is 0 Å². The number of hydrogen-bond acceptors (Lipinski definition) is 2. The molecule has 0 aliphatic carbocycles. The lowest BCUT2D eigenvalue weighted by atomic mass is 10.1. The number of rotatable bonds is 2. The van der Waals surface area contributed by atoms with Crippen molar-refractivity contribution in [2.45, 2.75) is 19.8 Å². The molecule has 0 N–H and O–H groups in total. The third-order valence-corrected chi connectivity index (χ3v) is 3.28. The lowest BCUT2D eigenvalue weighted by Gasteiger charge is -2.20. The number of carbonyl (C=O) groups is 1. The van der Waals surface area contributed by atoms with Crippen molar-refractivity contribution in [1.29, 1.82) is 0 Å². The first-order valence-electron chi connectivity index (χ1n) is 5.24. The van der Waals surface area contributed by atoms with E-state index in [0.29, 0.717) is 0 Å². The fourth-order valence-electron chi connectivity index (χ4n) is 2.02. The standard InChI is InChI=1S/C12H14BrNO.BrH/c1-9(15)11-8-10(13)4-5-12(11)14-6-2-3-7-14;/h4-5,8H,2-3,6-7H2,1H3;1H. The molecule has 1 aromatic carbocycles. The normalized spacial score (nSPS) is 14.8. The molecule has 2 rings (SSSR count). The van der Waals surface area contributed by atoms with Gasteiger partial charge in [0, 0.05) is 28.8 Å². The third kappa shape index (κ3) is 2.86. The molecule has 1 aliphatic heterocycles.